The molecular weight excluding hydrogens is 274 g/mol. The molecule has 5 heteroatoms. The minimum atomic E-state index is -1.12. The Bertz CT molecular complexity index is 658. The lowest BCUT2D eigenvalue weighted by Gasteiger charge is -2.21. The van der Waals surface area contributed by atoms with Gasteiger partial charge in [-0.05, 0) is 36.8 Å². The van der Waals surface area contributed by atoms with Crippen molar-refractivity contribution in [1.82, 2.24) is 4.90 Å². The SMILES string of the molecule is CCN(Cc1cccc(N)c1)C(=O)c1cccc(F)c1F. The second-order valence-corrected chi connectivity index (χ2v) is 4.67. The van der Waals surface area contributed by atoms with Crippen molar-refractivity contribution < 1.29 is 13.6 Å². The van der Waals surface area contributed by atoms with Crippen molar-refractivity contribution in [2.24, 2.45) is 0 Å². The number of amides is 1. The van der Waals surface area contributed by atoms with E-state index in [9.17, 15) is 13.6 Å². The highest BCUT2D eigenvalue weighted by molar-refractivity contribution is 5.94. The second kappa shape index (κ2) is 6.35. The monoisotopic (exact) mass is 290 g/mol. The average molecular weight is 290 g/mol. The molecule has 1 amide bonds. The summed E-state index contributed by atoms with van der Waals surface area (Å²) in [6, 6.07) is 10.7. The highest BCUT2D eigenvalue weighted by atomic mass is 19.2. The number of hydrogen-bond donors (Lipinski definition) is 1. The van der Waals surface area contributed by atoms with Crippen molar-refractivity contribution in [3.05, 3.63) is 65.2 Å². The first-order valence-electron chi connectivity index (χ1n) is 6.60. The van der Waals surface area contributed by atoms with Crippen LogP contribution in [-0.2, 0) is 6.54 Å². The van der Waals surface area contributed by atoms with Crippen LogP contribution < -0.4 is 5.73 Å². The molecule has 3 nitrogen and oxygen atoms in total. The lowest BCUT2D eigenvalue weighted by atomic mass is 10.1. The van der Waals surface area contributed by atoms with E-state index in [-0.39, 0.29) is 12.1 Å². The van der Waals surface area contributed by atoms with Gasteiger partial charge in [0.15, 0.2) is 11.6 Å². The number of benzene rings is 2. The van der Waals surface area contributed by atoms with Crippen molar-refractivity contribution in [3.8, 4) is 0 Å². The molecule has 0 radical (unpaired) electrons. The van der Waals surface area contributed by atoms with Gasteiger partial charge in [0.05, 0.1) is 5.56 Å². The van der Waals surface area contributed by atoms with Gasteiger partial charge in [-0.2, -0.15) is 0 Å². The van der Waals surface area contributed by atoms with E-state index in [0.29, 0.717) is 12.2 Å². The molecule has 2 aromatic rings. The molecule has 0 aliphatic heterocycles. The molecule has 0 bridgehead atoms. The summed E-state index contributed by atoms with van der Waals surface area (Å²) in [5.74, 6) is -2.69. The van der Waals surface area contributed by atoms with Crippen LogP contribution in [0.25, 0.3) is 0 Å². The van der Waals surface area contributed by atoms with Crippen LogP contribution in [0.3, 0.4) is 0 Å². The molecule has 21 heavy (non-hydrogen) atoms. The van der Waals surface area contributed by atoms with Crippen LogP contribution in [0.1, 0.15) is 22.8 Å². The zero-order valence-electron chi connectivity index (χ0n) is 11.6. The molecular formula is C16H16F2N2O. The van der Waals surface area contributed by atoms with Crippen LogP contribution in [0.5, 0.6) is 0 Å². The van der Waals surface area contributed by atoms with Crippen LogP contribution >= 0.6 is 0 Å². The Labute approximate surface area is 122 Å². The lowest BCUT2D eigenvalue weighted by Crippen LogP contribution is -2.31. The Morgan fingerprint density at radius 3 is 2.57 bits per heavy atom. The Morgan fingerprint density at radius 2 is 1.90 bits per heavy atom. The summed E-state index contributed by atoms with van der Waals surface area (Å²) in [4.78, 5) is 13.8. The first-order valence-corrected chi connectivity index (χ1v) is 6.60. The maximum Gasteiger partial charge on any atom is 0.257 e. The number of halogens is 2. The van der Waals surface area contributed by atoms with E-state index in [4.69, 9.17) is 5.73 Å². The molecule has 2 rings (SSSR count). The molecule has 0 aliphatic carbocycles. The summed E-state index contributed by atoms with van der Waals surface area (Å²) in [6.07, 6.45) is 0. The van der Waals surface area contributed by atoms with Crippen molar-refractivity contribution >= 4 is 11.6 Å². The Balaban J connectivity index is 2.25. The predicted molar refractivity (Wildman–Crippen MR) is 77.6 cm³/mol. The number of hydrogen-bond acceptors (Lipinski definition) is 2. The van der Waals surface area contributed by atoms with E-state index in [1.54, 1.807) is 25.1 Å². The fourth-order valence-corrected chi connectivity index (χ4v) is 2.08. The summed E-state index contributed by atoms with van der Waals surface area (Å²) < 4.78 is 26.9. The van der Waals surface area contributed by atoms with E-state index >= 15 is 0 Å². The number of anilines is 1. The van der Waals surface area contributed by atoms with Gasteiger partial charge in [0.2, 0.25) is 0 Å². The van der Waals surface area contributed by atoms with E-state index in [1.165, 1.54) is 17.0 Å². The maximum absolute atomic E-state index is 13.7. The van der Waals surface area contributed by atoms with E-state index in [0.717, 1.165) is 11.6 Å². The topological polar surface area (TPSA) is 46.3 Å². The number of nitrogens with two attached hydrogens (primary N) is 1. The van der Waals surface area contributed by atoms with Gasteiger partial charge in [-0.15, -0.1) is 0 Å². The molecule has 0 unspecified atom stereocenters. The van der Waals surface area contributed by atoms with Gasteiger partial charge >= 0.3 is 0 Å². The van der Waals surface area contributed by atoms with Crippen molar-refractivity contribution in [3.63, 3.8) is 0 Å². The molecule has 110 valence electrons. The number of rotatable bonds is 4. The van der Waals surface area contributed by atoms with Gasteiger partial charge in [0.1, 0.15) is 0 Å². The summed E-state index contributed by atoms with van der Waals surface area (Å²) >= 11 is 0. The standard InChI is InChI=1S/C16H16F2N2O/c1-2-20(10-11-5-3-6-12(19)9-11)16(21)13-7-4-8-14(17)15(13)18/h3-9H,2,10,19H2,1H3. The Morgan fingerprint density at radius 1 is 1.19 bits per heavy atom. The zero-order chi connectivity index (χ0) is 15.4. The van der Waals surface area contributed by atoms with Gasteiger partial charge in [-0.1, -0.05) is 18.2 Å². The van der Waals surface area contributed by atoms with Crippen molar-refractivity contribution in [1.29, 1.82) is 0 Å². The molecule has 0 aliphatic rings. The fraction of sp³-hybridized carbons (Fsp3) is 0.188. The first kappa shape index (κ1) is 15.0. The molecule has 0 atom stereocenters. The Hall–Kier alpha value is -2.43. The molecule has 0 fully saturated rings. The smallest absolute Gasteiger partial charge is 0.257 e. The van der Waals surface area contributed by atoms with Crippen LogP contribution in [0.15, 0.2) is 42.5 Å². The summed E-state index contributed by atoms with van der Waals surface area (Å²) in [5, 5.41) is 0. The Kier molecular flexibility index (Phi) is 4.52. The largest absolute Gasteiger partial charge is 0.399 e. The van der Waals surface area contributed by atoms with E-state index < -0.39 is 17.5 Å². The number of nitrogen functional groups attached to an aromatic ring is 1. The van der Waals surface area contributed by atoms with Gasteiger partial charge < -0.3 is 10.6 Å². The van der Waals surface area contributed by atoms with E-state index in [2.05, 4.69) is 0 Å². The van der Waals surface area contributed by atoms with Gasteiger partial charge in [-0.3, -0.25) is 4.79 Å². The summed E-state index contributed by atoms with van der Waals surface area (Å²) in [7, 11) is 0. The molecule has 0 aromatic heterocycles. The minimum absolute atomic E-state index is 0.263. The molecule has 0 saturated heterocycles. The fourth-order valence-electron chi connectivity index (χ4n) is 2.08. The molecule has 2 N–H and O–H groups in total. The minimum Gasteiger partial charge on any atom is -0.399 e. The third kappa shape index (κ3) is 3.37. The molecule has 2 aromatic carbocycles. The highest BCUT2D eigenvalue weighted by Crippen LogP contribution is 2.16. The lowest BCUT2D eigenvalue weighted by molar-refractivity contribution is 0.0746. The van der Waals surface area contributed by atoms with Crippen LogP contribution in [-0.4, -0.2) is 17.4 Å². The number of nitrogens with zero attached hydrogens (tertiary/aromatic N) is 1. The third-order valence-corrected chi connectivity index (χ3v) is 3.18. The van der Waals surface area contributed by atoms with Gasteiger partial charge in [-0.25, -0.2) is 8.78 Å². The number of carbonyl (C=O) groups excluding carboxylic acids is 1. The highest BCUT2D eigenvalue weighted by Gasteiger charge is 2.20. The summed E-state index contributed by atoms with van der Waals surface area (Å²) in [5.41, 5.74) is 6.86. The average Bonchev–Trinajstić information content (AvgIpc) is 2.47. The summed E-state index contributed by atoms with van der Waals surface area (Å²) in [6.45, 7) is 2.45. The second-order valence-electron chi connectivity index (χ2n) is 4.67. The van der Waals surface area contributed by atoms with Crippen molar-refractivity contribution in [2.75, 3.05) is 12.3 Å². The normalized spacial score (nSPS) is 10.4. The molecule has 0 spiro atoms. The van der Waals surface area contributed by atoms with Crippen LogP contribution in [0, 0.1) is 11.6 Å². The molecule has 0 heterocycles. The predicted octanol–water partition coefficient (Wildman–Crippen LogP) is 3.21. The van der Waals surface area contributed by atoms with Gasteiger partial charge in [0, 0.05) is 18.8 Å². The third-order valence-electron chi connectivity index (χ3n) is 3.18. The maximum atomic E-state index is 13.7. The number of carbonyl (C=O) groups is 1. The first-order chi connectivity index (χ1) is 10.0. The molecule has 0 saturated carbocycles. The van der Waals surface area contributed by atoms with E-state index in [1.807, 2.05) is 6.07 Å². The van der Waals surface area contributed by atoms with Crippen LogP contribution in [0.2, 0.25) is 0 Å². The van der Waals surface area contributed by atoms with Gasteiger partial charge in [0.25, 0.3) is 5.91 Å². The van der Waals surface area contributed by atoms with Crippen molar-refractivity contribution in [2.45, 2.75) is 13.5 Å². The quantitative estimate of drug-likeness (QED) is 0.879. The zero-order valence-corrected chi connectivity index (χ0v) is 11.6. The van der Waals surface area contributed by atoms with Crippen LogP contribution in [0.4, 0.5) is 14.5 Å².